The minimum atomic E-state index is -0.279. The number of likely N-dealkylation sites (N-methyl/N-ethyl adjacent to an activating group) is 1. The molecule has 2 rings (SSSR count). The summed E-state index contributed by atoms with van der Waals surface area (Å²) in [4.78, 5) is 0. The van der Waals surface area contributed by atoms with Crippen LogP contribution in [0.3, 0.4) is 0 Å². The second kappa shape index (κ2) is 6.15. The molecular formula is C17H27NO2. The van der Waals surface area contributed by atoms with Crippen molar-refractivity contribution in [2.45, 2.75) is 46.1 Å². The van der Waals surface area contributed by atoms with Gasteiger partial charge in [0.05, 0.1) is 12.1 Å². The Labute approximate surface area is 122 Å². The van der Waals surface area contributed by atoms with Gasteiger partial charge >= 0.3 is 0 Å². The van der Waals surface area contributed by atoms with Crippen LogP contribution in [0, 0.1) is 26.7 Å². The van der Waals surface area contributed by atoms with Gasteiger partial charge in [-0.15, -0.1) is 0 Å². The van der Waals surface area contributed by atoms with E-state index in [-0.39, 0.29) is 12.1 Å². The van der Waals surface area contributed by atoms with Crippen LogP contribution in [-0.2, 0) is 0 Å². The number of hydrogen-bond donors (Lipinski definition) is 2. The highest BCUT2D eigenvalue weighted by Gasteiger charge is 2.45. The summed E-state index contributed by atoms with van der Waals surface area (Å²) >= 11 is 0. The van der Waals surface area contributed by atoms with Gasteiger partial charge in [0, 0.05) is 0 Å². The van der Waals surface area contributed by atoms with Gasteiger partial charge in [-0.2, -0.15) is 0 Å². The van der Waals surface area contributed by atoms with Crippen molar-refractivity contribution >= 4 is 0 Å². The van der Waals surface area contributed by atoms with Gasteiger partial charge in [0.1, 0.15) is 12.4 Å². The standard InChI is InChI=1S/C17H27NO2/c1-5-18-17(10-19,15-6-7-15)11-20-16-13(3)8-12(2)9-14(16)4/h8-9,15,18-19H,5-7,10-11H2,1-4H3. The monoisotopic (exact) mass is 277 g/mol. The molecule has 1 fully saturated rings. The van der Waals surface area contributed by atoms with E-state index < -0.39 is 0 Å². The van der Waals surface area contributed by atoms with Crippen LogP contribution in [-0.4, -0.2) is 30.4 Å². The highest BCUT2D eigenvalue weighted by Crippen LogP contribution is 2.40. The highest BCUT2D eigenvalue weighted by atomic mass is 16.5. The number of aliphatic hydroxyl groups is 1. The van der Waals surface area contributed by atoms with E-state index in [1.807, 2.05) is 0 Å². The van der Waals surface area contributed by atoms with E-state index in [9.17, 15) is 5.11 Å². The predicted octanol–water partition coefficient (Wildman–Crippen LogP) is 2.74. The lowest BCUT2D eigenvalue weighted by molar-refractivity contribution is 0.0858. The summed E-state index contributed by atoms with van der Waals surface area (Å²) in [6.45, 7) is 9.87. The zero-order valence-electron chi connectivity index (χ0n) is 13.1. The summed E-state index contributed by atoms with van der Waals surface area (Å²) in [6.07, 6.45) is 2.37. The Bertz CT molecular complexity index is 445. The molecule has 3 nitrogen and oxygen atoms in total. The topological polar surface area (TPSA) is 41.5 Å². The van der Waals surface area contributed by atoms with Gasteiger partial charge in [0.25, 0.3) is 0 Å². The van der Waals surface area contributed by atoms with Gasteiger partial charge in [-0.3, -0.25) is 0 Å². The van der Waals surface area contributed by atoms with Crippen molar-refractivity contribution in [2.75, 3.05) is 19.8 Å². The van der Waals surface area contributed by atoms with E-state index in [1.54, 1.807) is 0 Å². The summed E-state index contributed by atoms with van der Waals surface area (Å²) in [6, 6.07) is 4.29. The van der Waals surface area contributed by atoms with Crippen LogP contribution >= 0.6 is 0 Å². The molecule has 1 aromatic carbocycles. The minimum Gasteiger partial charge on any atom is -0.491 e. The fourth-order valence-electron chi connectivity index (χ4n) is 3.13. The lowest BCUT2D eigenvalue weighted by Gasteiger charge is -2.33. The van der Waals surface area contributed by atoms with Crippen LogP contribution in [0.2, 0.25) is 0 Å². The fourth-order valence-corrected chi connectivity index (χ4v) is 3.13. The van der Waals surface area contributed by atoms with Crippen LogP contribution in [0.25, 0.3) is 0 Å². The van der Waals surface area contributed by atoms with Crippen molar-refractivity contribution in [3.8, 4) is 5.75 Å². The summed E-state index contributed by atoms with van der Waals surface area (Å²) in [5.74, 6) is 1.51. The summed E-state index contributed by atoms with van der Waals surface area (Å²) < 4.78 is 6.11. The van der Waals surface area contributed by atoms with Gasteiger partial charge in [-0.05, 0) is 57.2 Å². The molecule has 1 aromatic rings. The summed E-state index contributed by atoms with van der Waals surface area (Å²) in [5, 5.41) is 13.3. The molecule has 0 amide bonds. The van der Waals surface area contributed by atoms with Crippen LogP contribution < -0.4 is 10.1 Å². The molecule has 0 radical (unpaired) electrons. The molecule has 2 N–H and O–H groups in total. The first-order valence-electron chi connectivity index (χ1n) is 7.59. The molecule has 1 unspecified atom stereocenters. The summed E-state index contributed by atoms with van der Waals surface area (Å²) in [7, 11) is 0. The number of aliphatic hydroxyl groups excluding tert-OH is 1. The molecule has 0 spiro atoms. The third-order valence-corrected chi connectivity index (χ3v) is 4.25. The maximum atomic E-state index is 9.84. The molecule has 112 valence electrons. The Morgan fingerprint density at radius 2 is 1.85 bits per heavy atom. The first kappa shape index (κ1) is 15.3. The number of rotatable bonds is 7. The average Bonchev–Trinajstić information content (AvgIpc) is 3.20. The molecule has 0 heterocycles. The molecule has 0 aliphatic heterocycles. The third kappa shape index (κ3) is 3.15. The van der Waals surface area contributed by atoms with E-state index in [0.29, 0.717) is 12.5 Å². The molecule has 0 aromatic heterocycles. The van der Waals surface area contributed by atoms with Crippen molar-refractivity contribution in [1.29, 1.82) is 0 Å². The molecule has 1 atom stereocenters. The fraction of sp³-hybridized carbons (Fsp3) is 0.647. The molecule has 1 aliphatic rings. The Balaban J connectivity index is 2.13. The van der Waals surface area contributed by atoms with Crippen molar-refractivity contribution in [2.24, 2.45) is 5.92 Å². The minimum absolute atomic E-state index is 0.134. The number of benzene rings is 1. The zero-order valence-corrected chi connectivity index (χ0v) is 13.1. The molecule has 1 aliphatic carbocycles. The zero-order chi connectivity index (χ0) is 14.8. The van der Waals surface area contributed by atoms with Gasteiger partial charge < -0.3 is 15.2 Å². The van der Waals surface area contributed by atoms with E-state index >= 15 is 0 Å². The molecule has 0 bridgehead atoms. The first-order chi connectivity index (χ1) is 9.52. The van der Waals surface area contributed by atoms with Crippen molar-refractivity contribution in [3.63, 3.8) is 0 Å². The lowest BCUT2D eigenvalue weighted by Crippen LogP contribution is -2.55. The van der Waals surface area contributed by atoms with Crippen LogP contribution in [0.1, 0.15) is 36.5 Å². The second-order valence-corrected chi connectivity index (χ2v) is 6.14. The van der Waals surface area contributed by atoms with Crippen molar-refractivity contribution in [3.05, 3.63) is 28.8 Å². The van der Waals surface area contributed by atoms with E-state index in [4.69, 9.17) is 4.74 Å². The lowest BCUT2D eigenvalue weighted by atomic mass is 9.95. The Kier molecular flexibility index (Phi) is 4.71. The summed E-state index contributed by atoms with van der Waals surface area (Å²) in [5.41, 5.74) is 3.32. The number of aryl methyl sites for hydroxylation is 3. The first-order valence-corrected chi connectivity index (χ1v) is 7.59. The number of ether oxygens (including phenoxy) is 1. The quantitative estimate of drug-likeness (QED) is 0.805. The molecule has 20 heavy (non-hydrogen) atoms. The number of nitrogens with one attached hydrogen (secondary N) is 1. The molecular weight excluding hydrogens is 250 g/mol. The van der Waals surface area contributed by atoms with Gasteiger partial charge in [-0.1, -0.05) is 24.6 Å². The van der Waals surface area contributed by atoms with E-state index in [2.05, 4.69) is 45.1 Å². The van der Waals surface area contributed by atoms with Gasteiger partial charge in [0.15, 0.2) is 0 Å². The predicted molar refractivity (Wildman–Crippen MR) is 82.4 cm³/mol. The molecule has 3 heteroatoms. The molecule has 1 saturated carbocycles. The smallest absolute Gasteiger partial charge is 0.125 e. The van der Waals surface area contributed by atoms with Crippen molar-refractivity contribution < 1.29 is 9.84 Å². The maximum absolute atomic E-state index is 9.84. The third-order valence-electron chi connectivity index (χ3n) is 4.25. The second-order valence-electron chi connectivity index (χ2n) is 6.14. The Morgan fingerprint density at radius 1 is 1.25 bits per heavy atom. The maximum Gasteiger partial charge on any atom is 0.125 e. The van der Waals surface area contributed by atoms with Crippen molar-refractivity contribution in [1.82, 2.24) is 5.32 Å². The number of hydrogen-bond acceptors (Lipinski definition) is 3. The Hall–Kier alpha value is -1.06. The van der Waals surface area contributed by atoms with Crippen LogP contribution in [0.5, 0.6) is 5.75 Å². The highest BCUT2D eigenvalue weighted by molar-refractivity contribution is 5.43. The van der Waals surface area contributed by atoms with Gasteiger partial charge in [-0.25, -0.2) is 0 Å². The van der Waals surface area contributed by atoms with Gasteiger partial charge in [0.2, 0.25) is 0 Å². The van der Waals surface area contributed by atoms with Crippen LogP contribution in [0.15, 0.2) is 12.1 Å². The van der Waals surface area contributed by atoms with E-state index in [0.717, 1.165) is 12.3 Å². The van der Waals surface area contributed by atoms with E-state index in [1.165, 1.54) is 29.5 Å². The normalized spacial score (nSPS) is 17.9. The molecule has 0 saturated heterocycles. The average molecular weight is 277 g/mol. The largest absolute Gasteiger partial charge is 0.491 e. The Morgan fingerprint density at radius 3 is 2.30 bits per heavy atom. The van der Waals surface area contributed by atoms with Crippen LogP contribution in [0.4, 0.5) is 0 Å². The SMILES string of the molecule is CCNC(CO)(COc1c(C)cc(C)cc1C)C1CC1.